The third-order valence-corrected chi connectivity index (χ3v) is 4.76. The summed E-state index contributed by atoms with van der Waals surface area (Å²) in [6.07, 6.45) is 2.22. The molecule has 1 aliphatic rings. The third kappa shape index (κ3) is 4.43. The molecule has 1 amide bonds. The molecule has 1 aromatic heterocycles. The van der Waals surface area contributed by atoms with Crippen molar-refractivity contribution in [1.82, 2.24) is 15.2 Å². The number of aliphatic hydroxyl groups is 1. The fraction of sp³-hybridized carbons (Fsp3) is 0.400. The highest BCUT2D eigenvalue weighted by atomic mass is 19.1. The predicted octanol–water partition coefficient (Wildman–Crippen LogP) is 1.77. The molecule has 1 aromatic carbocycles. The number of carbonyl (C=O) groups is 1. The Balaban J connectivity index is 1.74. The minimum absolute atomic E-state index is 0.248. The van der Waals surface area contributed by atoms with Crippen LogP contribution in [0, 0.1) is 12.7 Å². The molecule has 0 radical (unpaired) electrons. The number of aromatic nitrogens is 1. The number of ether oxygens (including phenoxy) is 1. The molecule has 27 heavy (non-hydrogen) atoms. The van der Waals surface area contributed by atoms with Crippen LogP contribution in [-0.2, 0) is 0 Å². The molecule has 0 unspecified atom stereocenters. The summed E-state index contributed by atoms with van der Waals surface area (Å²) in [4.78, 5) is 18.5. The van der Waals surface area contributed by atoms with Gasteiger partial charge in [0.2, 0.25) is 0 Å². The zero-order valence-corrected chi connectivity index (χ0v) is 15.6. The van der Waals surface area contributed by atoms with Crippen LogP contribution in [0.4, 0.5) is 4.39 Å². The van der Waals surface area contributed by atoms with Crippen molar-refractivity contribution < 1.29 is 19.0 Å². The summed E-state index contributed by atoms with van der Waals surface area (Å²) >= 11 is 0. The van der Waals surface area contributed by atoms with E-state index in [0.717, 1.165) is 5.56 Å². The zero-order valence-electron chi connectivity index (χ0n) is 15.6. The molecule has 0 aliphatic heterocycles. The Bertz CT molecular complexity index is 815. The summed E-state index contributed by atoms with van der Waals surface area (Å²) in [5, 5.41) is 13.7. The van der Waals surface area contributed by atoms with Crippen LogP contribution in [0.1, 0.15) is 22.3 Å². The van der Waals surface area contributed by atoms with Gasteiger partial charge in [0.05, 0.1) is 17.6 Å². The molecule has 1 heterocycles. The van der Waals surface area contributed by atoms with E-state index in [4.69, 9.17) is 4.74 Å². The first kappa shape index (κ1) is 19.3. The number of hydrogen-bond acceptors (Lipinski definition) is 5. The standard InChI is InChI=1S/C20H24FN3O3/c1-12-7-13(11-22-10-12)20(26)23-16-9-17(19(25)18(16)24(2)3)27-15-6-4-5-14(21)8-15/h4-8,10-11,16-19,25H,9H2,1-3H3,(H,23,26)/t16-,17-,18+,19+/m1/s1. The zero-order chi connectivity index (χ0) is 19.6. The van der Waals surface area contributed by atoms with Gasteiger partial charge in [-0.25, -0.2) is 4.39 Å². The molecule has 2 aromatic rings. The number of carbonyl (C=O) groups excluding carboxylic acids is 1. The maximum atomic E-state index is 13.4. The summed E-state index contributed by atoms with van der Waals surface area (Å²) in [5.41, 5.74) is 1.36. The normalized spacial score (nSPS) is 24.8. The van der Waals surface area contributed by atoms with Crippen molar-refractivity contribution in [3.63, 3.8) is 0 Å². The number of benzene rings is 1. The highest BCUT2D eigenvalue weighted by Crippen LogP contribution is 2.28. The van der Waals surface area contributed by atoms with Crippen LogP contribution in [-0.4, -0.2) is 59.3 Å². The second-order valence-corrected chi connectivity index (χ2v) is 7.13. The molecule has 1 saturated carbocycles. The molecule has 1 fully saturated rings. The van der Waals surface area contributed by atoms with Gasteiger partial charge in [-0.1, -0.05) is 6.07 Å². The largest absolute Gasteiger partial charge is 0.487 e. The first-order valence-corrected chi connectivity index (χ1v) is 8.84. The maximum Gasteiger partial charge on any atom is 0.253 e. The number of halogens is 1. The van der Waals surface area contributed by atoms with Gasteiger partial charge in [0.15, 0.2) is 0 Å². The Morgan fingerprint density at radius 2 is 2.11 bits per heavy atom. The van der Waals surface area contributed by atoms with Crippen LogP contribution in [0.5, 0.6) is 5.75 Å². The Morgan fingerprint density at radius 3 is 2.78 bits per heavy atom. The van der Waals surface area contributed by atoms with E-state index in [9.17, 15) is 14.3 Å². The average Bonchev–Trinajstić information content (AvgIpc) is 2.90. The summed E-state index contributed by atoms with van der Waals surface area (Å²) < 4.78 is 19.2. The number of nitrogens with zero attached hydrogens (tertiary/aromatic N) is 2. The lowest BCUT2D eigenvalue weighted by molar-refractivity contribution is 0.0209. The van der Waals surface area contributed by atoms with Crippen LogP contribution >= 0.6 is 0 Å². The van der Waals surface area contributed by atoms with E-state index in [1.165, 1.54) is 18.3 Å². The van der Waals surface area contributed by atoms with Gasteiger partial charge in [-0.3, -0.25) is 9.78 Å². The minimum Gasteiger partial charge on any atom is -0.487 e. The van der Waals surface area contributed by atoms with Crippen LogP contribution in [0.15, 0.2) is 42.7 Å². The molecule has 6 nitrogen and oxygen atoms in total. The molecule has 2 N–H and O–H groups in total. The van der Waals surface area contributed by atoms with Crippen LogP contribution in [0.25, 0.3) is 0 Å². The number of likely N-dealkylation sites (N-methyl/N-ethyl adjacent to an activating group) is 1. The minimum atomic E-state index is -0.829. The second-order valence-electron chi connectivity index (χ2n) is 7.13. The van der Waals surface area contributed by atoms with Crippen molar-refractivity contribution in [1.29, 1.82) is 0 Å². The molecule has 0 saturated heterocycles. The fourth-order valence-electron chi connectivity index (χ4n) is 3.56. The topological polar surface area (TPSA) is 74.7 Å². The summed E-state index contributed by atoms with van der Waals surface area (Å²) in [6.45, 7) is 1.87. The van der Waals surface area contributed by atoms with Gasteiger partial charge in [0.25, 0.3) is 5.91 Å². The smallest absolute Gasteiger partial charge is 0.253 e. The van der Waals surface area contributed by atoms with Gasteiger partial charge >= 0.3 is 0 Å². The summed E-state index contributed by atoms with van der Waals surface area (Å²) in [5.74, 6) is -0.297. The van der Waals surface area contributed by atoms with Crippen molar-refractivity contribution in [2.75, 3.05) is 14.1 Å². The molecule has 7 heteroatoms. The molecule has 4 atom stereocenters. The number of aliphatic hydroxyl groups excluding tert-OH is 1. The van der Waals surface area contributed by atoms with Crippen molar-refractivity contribution in [3.8, 4) is 5.75 Å². The molecule has 0 bridgehead atoms. The van der Waals surface area contributed by atoms with Crippen molar-refractivity contribution in [3.05, 3.63) is 59.7 Å². The van der Waals surface area contributed by atoms with Crippen molar-refractivity contribution in [2.45, 2.75) is 37.6 Å². The van der Waals surface area contributed by atoms with Crippen molar-refractivity contribution >= 4 is 5.91 Å². The number of hydrogen-bond donors (Lipinski definition) is 2. The Kier molecular flexibility index (Phi) is 5.72. The second kappa shape index (κ2) is 8.02. The quantitative estimate of drug-likeness (QED) is 0.836. The van der Waals surface area contributed by atoms with Crippen LogP contribution < -0.4 is 10.1 Å². The molecule has 144 valence electrons. The Hall–Kier alpha value is -2.51. The number of pyridine rings is 1. The van der Waals surface area contributed by atoms with E-state index in [1.807, 2.05) is 25.9 Å². The van der Waals surface area contributed by atoms with Gasteiger partial charge in [-0.15, -0.1) is 0 Å². The number of amides is 1. The van der Waals surface area contributed by atoms with Gasteiger partial charge in [-0.2, -0.15) is 0 Å². The van der Waals surface area contributed by atoms with Gasteiger partial charge in [-0.05, 0) is 44.8 Å². The SMILES string of the molecule is Cc1cncc(C(=O)N[C@@H]2C[C@@H](Oc3cccc(F)c3)[C@H](O)[C@H]2N(C)C)c1. The van der Waals surface area contributed by atoms with Crippen LogP contribution in [0.3, 0.4) is 0 Å². The van der Waals surface area contributed by atoms with Crippen molar-refractivity contribution in [2.24, 2.45) is 0 Å². The molecule has 0 spiro atoms. The number of aryl methyl sites for hydroxylation is 1. The Labute approximate surface area is 158 Å². The van der Waals surface area contributed by atoms with Gasteiger partial charge in [0.1, 0.15) is 23.8 Å². The van der Waals surface area contributed by atoms with E-state index in [2.05, 4.69) is 10.3 Å². The first-order chi connectivity index (χ1) is 12.8. The average molecular weight is 373 g/mol. The van der Waals surface area contributed by atoms with E-state index in [1.54, 1.807) is 24.4 Å². The lowest BCUT2D eigenvalue weighted by Gasteiger charge is -2.29. The van der Waals surface area contributed by atoms with E-state index >= 15 is 0 Å². The first-order valence-electron chi connectivity index (χ1n) is 8.84. The molecular weight excluding hydrogens is 349 g/mol. The van der Waals surface area contributed by atoms with Crippen LogP contribution in [0.2, 0.25) is 0 Å². The molecule has 1 aliphatic carbocycles. The monoisotopic (exact) mass is 373 g/mol. The lowest BCUT2D eigenvalue weighted by Crippen LogP contribution is -2.50. The summed E-state index contributed by atoms with van der Waals surface area (Å²) in [6, 6.07) is 6.93. The lowest BCUT2D eigenvalue weighted by atomic mass is 10.1. The summed E-state index contributed by atoms with van der Waals surface area (Å²) in [7, 11) is 3.68. The predicted molar refractivity (Wildman–Crippen MR) is 99.1 cm³/mol. The Morgan fingerprint density at radius 1 is 1.33 bits per heavy atom. The number of nitrogens with one attached hydrogen (secondary N) is 1. The highest BCUT2D eigenvalue weighted by molar-refractivity contribution is 5.94. The van der Waals surface area contributed by atoms with Gasteiger partial charge in [0, 0.05) is 24.9 Å². The van der Waals surface area contributed by atoms with E-state index < -0.39 is 18.0 Å². The highest BCUT2D eigenvalue weighted by Gasteiger charge is 2.45. The molecule has 3 rings (SSSR count). The van der Waals surface area contributed by atoms with Gasteiger partial charge < -0.3 is 20.1 Å². The fourth-order valence-corrected chi connectivity index (χ4v) is 3.56. The van der Waals surface area contributed by atoms with E-state index in [-0.39, 0.29) is 18.0 Å². The number of rotatable bonds is 5. The maximum absolute atomic E-state index is 13.4. The molecular formula is C20H24FN3O3. The van der Waals surface area contributed by atoms with E-state index in [0.29, 0.717) is 17.7 Å². The third-order valence-electron chi connectivity index (χ3n) is 4.76.